The van der Waals surface area contributed by atoms with Gasteiger partial charge in [0.1, 0.15) is 5.82 Å². The fraction of sp³-hybridized carbons (Fsp3) is 0.562. The van der Waals surface area contributed by atoms with Gasteiger partial charge in [0.15, 0.2) is 0 Å². The molecule has 0 bridgehead atoms. The molecule has 1 fully saturated rings. The predicted molar refractivity (Wildman–Crippen MR) is 98.5 cm³/mol. The minimum absolute atomic E-state index is 0.0101. The van der Waals surface area contributed by atoms with Crippen LogP contribution in [0.5, 0.6) is 0 Å². The van der Waals surface area contributed by atoms with Crippen molar-refractivity contribution in [3.05, 3.63) is 35.6 Å². The highest BCUT2D eigenvalue weighted by Crippen LogP contribution is 2.15. The van der Waals surface area contributed by atoms with E-state index in [9.17, 15) is 17.6 Å². The minimum atomic E-state index is -3.15. The molecule has 1 heterocycles. The van der Waals surface area contributed by atoms with Crippen LogP contribution in [0.25, 0.3) is 0 Å². The number of rotatable bonds is 7. The number of carbonyl (C=O) groups is 1. The van der Waals surface area contributed by atoms with Gasteiger partial charge in [-0.25, -0.2) is 21.9 Å². The minimum Gasteiger partial charge on any atom is -0.337 e. The van der Waals surface area contributed by atoms with Gasteiger partial charge in [0.05, 0.1) is 6.26 Å². The summed E-state index contributed by atoms with van der Waals surface area (Å²) < 4.78 is 37.8. The van der Waals surface area contributed by atoms with Crippen LogP contribution in [0.1, 0.15) is 18.4 Å². The molecule has 0 aromatic heterocycles. The summed E-state index contributed by atoms with van der Waals surface area (Å²) >= 11 is 1.56. The molecule has 0 unspecified atom stereocenters. The molecule has 1 aromatic carbocycles. The van der Waals surface area contributed by atoms with E-state index in [1.54, 1.807) is 30.0 Å². The van der Waals surface area contributed by atoms with Crippen molar-refractivity contribution in [2.24, 2.45) is 0 Å². The van der Waals surface area contributed by atoms with Gasteiger partial charge in [-0.2, -0.15) is 11.8 Å². The summed E-state index contributed by atoms with van der Waals surface area (Å²) in [6, 6.07) is 6.41. The van der Waals surface area contributed by atoms with Crippen molar-refractivity contribution >= 4 is 27.8 Å². The highest BCUT2D eigenvalue weighted by molar-refractivity contribution is 7.98. The Labute approximate surface area is 152 Å². The summed E-state index contributed by atoms with van der Waals surface area (Å²) in [5.74, 6) is 1.05. The zero-order chi connectivity index (χ0) is 18.3. The molecule has 0 saturated carbocycles. The van der Waals surface area contributed by atoms with Crippen LogP contribution in [0, 0.1) is 5.82 Å². The lowest BCUT2D eigenvalue weighted by molar-refractivity contribution is 0.228. The molecule has 0 aliphatic carbocycles. The number of benzene rings is 1. The van der Waals surface area contributed by atoms with Crippen molar-refractivity contribution in [1.29, 1.82) is 0 Å². The van der Waals surface area contributed by atoms with Crippen molar-refractivity contribution in [1.82, 2.24) is 14.9 Å². The lowest BCUT2D eigenvalue weighted by Gasteiger charge is -2.30. The first-order valence-corrected chi connectivity index (χ1v) is 11.2. The fourth-order valence-electron chi connectivity index (χ4n) is 2.60. The normalized spacial score (nSPS) is 16.6. The summed E-state index contributed by atoms with van der Waals surface area (Å²) in [7, 11) is -3.15. The number of nitrogens with zero attached hydrogens (tertiary/aromatic N) is 1. The van der Waals surface area contributed by atoms with E-state index in [1.165, 1.54) is 16.6 Å². The van der Waals surface area contributed by atoms with Crippen molar-refractivity contribution < 1.29 is 17.6 Å². The predicted octanol–water partition coefficient (Wildman–Crippen LogP) is 1.78. The maximum Gasteiger partial charge on any atom is 0.315 e. The number of nitrogens with one attached hydrogen (secondary N) is 2. The molecule has 1 aliphatic heterocycles. The number of sulfonamides is 1. The molecule has 1 saturated heterocycles. The first-order valence-electron chi connectivity index (χ1n) is 8.17. The molecule has 140 valence electrons. The van der Waals surface area contributed by atoms with Gasteiger partial charge >= 0.3 is 6.03 Å². The number of amides is 2. The molecule has 2 N–H and O–H groups in total. The first kappa shape index (κ1) is 20.0. The Kier molecular flexibility index (Phi) is 7.52. The van der Waals surface area contributed by atoms with E-state index >= 15 is 0 Å². The maximum absolute atomic E-state index is 13.5. The molecular weight excluding hydrogens is 365 g/mol. The topological polar surface area (TPSA) is 78.5 Å². The summed E-state index contributed by atoms with van der Waals surface area (Å²) in [5.41, 5.74) is 0.662. The van der Waals surface area contributed by atoms with E-state index in [4.69, 9.17) is 0 Å². The second-order valence-electron chi connectivity index (χ2n) is 5.98. The summed E-state index contributed by atoms with van der Waals surface area (Å²) in [5, 5.41) is 5.64. The van der Waals surface area contributed by atoms with E-state index < -0.39 is 10.0 Å². The summed E-state index contributed by atoms with van der Waals surface area (Å²) in [4.78, 5) is 11.9. The molecule has 25 heavy (non-hydrogen) atoms. The van der Waals surface area contributed by atoms with E-state index in [1.807, 2.05) is 0 Å². The number of urea groups is 1. The third kappa shape index (κ3) is 6.83. The van der Waals surface area contributed by atoms with Gasteiger partial charge in [0, 0.05) is 37.2 Å². The highest BCUT2D eigenvalue weighted by atomic mass is 32.2. The van der Waals surface area contributed by atoms with Gasteiger partial charge in [-0.3, -0.25) is 0 Å². The lowest BCUT2D eigenvalue weighted by Crippen LogP contribution is -2.49. The second kappa shape index (κ2) is 9.40. The smallest absolute Gasteiger partial charge is 0.315 e. The van der Waals surface area contributed by atoms with Crippen LogP contribution in [0.4, 0.5) is 9.18 Å². The lowest BCUT2D eigenvalue weighted by atomic mass is 10.1. The Morgan fingerprint density at radius 3 is 2.64 bits per heavy atom. The SMILES string of the molecule is CS(=O)(=O)N1CCC(NC(=O)NCCSCc2ccccc2F)CC1. The molecule has 6 nitrogen and oxygen atoms in total. The highest BCUT2D eigenvalue weighted by Gasteiger charge is 2.25. The van der Waals surface area contributed by atoms with E-state index in [-0.39, 0.29) is 17.9 Å². The maximum atomic E-state index is 13.5. The molecule has 1 aromatic rings. The van der Waals surface area contributed by atoms with Crippen LogP contribution < -0.4 is 10.6 Å². The molecule has 2 amide bonds. The Morgan fingerprint density at radius 2 is 2.00 bits per heavy atom. The van der Waals surface area contributed by atoms with E-state index in [2.05, 4.69) is 10.6 Å². The fourth-order valence-corrected chi connectivity index (χ4v) is 4.32. The Hall–Kier alpha value is -1.32. The van der Waals surface area contributed by atoms with Gasteiger partial charge in [0.25, 0.3) is 0 Å². The molecule has 0 atom stereocenters. The number of hydrogen-bond acceptors (Lipinski definition) is 4. The van der Waals surface area contributed by atoms with Crippen molar-refractivity contribution in [3.63, 3.8) is 0 Å². The Balaban J connectivity index is 1.58. The zero-order valence-corrected chi connectivity index (χ0v) is 15.8. The Morgan fingerprint density at radius 1 is 1.32 bits per heavy atom. The molecule has 9 heteroatoms. The summed E-state index contributed by atoms with van der Waals surface area (Å²) in [6.45, 7) is 1.36. The molecule has 0 spiro atoms. The van der Waals surface area contributed by atoms with Crippen LogP contribution in [0.15, 0.2) is 24.3 Å². The molecular formula is C16H24FN3O3S2. The quantitative estimate of drug-likeness (QED) is 0.697. The average molecular weight is 390 g/mol. The van der Waals surface area contributed by atoms with Crippen molar-refractivity contribution in [3.8, 4) is 0 Å². The third-order valence-electron chi connectivity index (χ3n) is 4.01. The third-order valence-corrected chi connectivity index (χ3v) is 6.32. The number of piperidine rings is 1. The van der Waals surface area contributed by atoms with Gasteiger partial charge in [0.2, 0.25) is 10.0 Å². The molecule has 1 aliphatic rings. The van der Waals surface area contributed by atoms with E-state index in [0.29, 0.717) is 49.5 Å². The molecule has 2 rings (SSSR count). The first-order chi connectivity index (χ1) is 11.9. The van der Waals surface area contributed by atoms with E-state index in [0.717, 1.165) is 0 Å². The van der Waals surface area contributed by atoms with Crippen LogP contribution >= 0.6 is 11.8 Å². The van der Waals surface area contributed by atoms with Gasteiger partial charge < -0.3 is 10.6 Å². The van der Waals surface area contributed by atoms with Crippen molar-refractivity contribution in [2.75, 3.05) is 31.6 Å². The average Bonchev–Trinajstić information content (AvgIpc) is 2.56. The largest absolute Gasteiger partial charge is 0.337 e. The Bertz CT molecular complexity index is 677. The number of halogens is 1. The number of thioether (sulfide) groups is 1. The molecule has 0 radical (unpaired) electrons. The van der Waals surface area contributed by atoms with Crippen LogP contribution in [0.2, 0.25) is 0 Å². The number of hydrogen-bond donors (Lipinski definition) is 2. The van der Waals surface area contributed by atoms with Crippen LogP contribution in [0.3, 0.4) is 0 Å². The zero-order valence-electron chi connectivity index (χ0n) is 14.2. The van der Waals surface area contributed by atoms with Crippen LogP contribution in [-0.2, 0) is 15.8 Å². The van der Waals surface area contributed by atoms with Crippen molar-refractivity contribution in [2.45, 2.75) is 24.6 Å². The van der Waals surface area contributed by atoms with Gasteiger partial charge in [-0.1, -0.05) is 18.2 Å². The summed E-state index contributed by atoms with van der Waals surface area (Å²) in [6.07, 6.45) is 2.43. The number of carbonyl (C=O) groups excluding carboxylic acids is 1. The van der Waals surface area contributed by atoms with Crippen LogP contribution in [-0.4, -0.2) is 56.4 Å². The van der Waals surface area contributed by atoms with Gasteiger partial charge in [-0.15, -0.1) is 0 Å². The monoisotopic (exact) mass is 389 g/mol. The van der Waals surface area contributed by atoms with Gasteiger partial charge in [-0.05, 0) is 24.5 Å². The second-order valence-corrected chi connectivity index (χ2v) is 9.07. The standard InChI is InChI=1S/C16H24FN3O3S2/c1-25(22,23)20-9-6-14(7-10-20)19-16(21)18-8-11-24-12-13-4-2-3-5-15(13)17/h2-5,14H,6-12H2,1H3,(H2,18,19,21).